The van der Waals surface area contributed by atoms with Crippen LogP contribution in [-0.4, -0.2) is 74.9 Å². The zero-order chi connectivity index (χ0) is 14.2. The van der Waals surface area contributed by atoms with Crippen LogP contribution in [0.15, 0.2) is 0 Å². The van der Waals surface area contributed by atoms with Crippen molar-refractivity contribution in [3.05, 3.63) is 0 Å². The van der Waals surface area contributed by atoms with Gasteiger partial charge in [0.05, 0.1) is 12.7 Å². The highest BCUT2D eigenvalue weighted by Crippen LogP contribution is 2.15. The van der Waals surface area contributed by atoms with Gasteiger partial charge in [-0.25, -0.2) is 0 Å². The Morgan fingerprint density at radius 1 is 1.20 bits per heavy atom. The fourth-order valence-electron chi connectivity index (χ4n) is 3.47. The Labute approximate surface area is 124 Å². The number of morpholine rings is 1. The number of piperidine rings is 1. The van der Waals surface area contributed by atoms with Gasteiger partial charge in [-0.1, -0.05) is 13.8 Å². The molecule has 2 heterocycles. The van der Waals surface area contributed by atoms with E-state index in [1.54, 1.807) is 0 Å². The summed E-state index contributed by atoms with van der Waals surface area (Å²) in [5.41, 5.74) is 0. The van der Waals surface area contributed by atoms with E-state index >= 15 is 0 Å². The van der Waals surface area contributed by atoms with Crippen LogP contribution in [0.25, 0.3) is 0 Å². The van der Waals surface area contributed by atoms with Gasteiger partial charge in [-0.15, -0.1) is 0 Å². The SMILES string of the molecule is CCCN(CC1CCNCC1)CC1CN(CC)CCO1. The number of hydrogen-bond donors (Lipinski definition) is 1. The fraction of sp³-hybridized carbons (Fsp3) is 1.00. The molecule has 1 atom stereocenters. The van der Waals surface area contributed by atoms with Gasteiger partial charge in [0, 0.05) is 26.2 Å². The van der Waals surface area contributed by atoms with Crippen LogP contribution in [0.3, 0.4) is 0 Å². The Morgan fingerprint density at radius 3 is 2.70 bits per heavy atom. The summed E-state index contributed by atoms with van der Waals surface area (Å²) >= 11 is 0. The number of nitrogens with one attached hydrogen (secondary N) is 1. The first-order valence-electron chi connectivity index (χ1n) is 8.58. The Balaban J connectivity index is 1.78. The molecular weight excluding hydrogens is 250 g/mol. The summed E-state index contributed by atoms with van der Waals surface area (Å²) in [4.78, 5) is 5.17. The largest absolute Gasteiger partial charge is 0.374 e. The molecule has 0 spiro atoms. The monoisotopic (exact) mass is 283 g/mol. The van der Waals surface area contributed by atoms with E-state index in [4.69, 9.17) is 4.74 Å². The maximum Gasteiger partial charge on any atom is 0.0829 e. The van der Waals surface area contributed by atoms with E-state index in [1.807, 2.05) is 0 Å². The van der Waals surface area contributed by atoms with E-state index in [0.717, 1.165) is 38.7 Å². The number of hydrogen-bond acceptors (Lipinski definition) is 4. The molecule has 0 aromatic heterocycles. The molecule has 2 rings (SSSR count). The van der Waals surface area contributed by atoms with Crippen LogP contribution >= 0.6 is 0 Å². The number of rotatable bonds is 7. The molecule has 1 unspecified atom stereocenters. The highest BCUT2D eigenvalue weighted by molar-refractivity contribution is 4.77. The summed E-state index contributed by atoms with van der Waals surface area (Å²) < 4.78 is 5.98. The molecule has 2 saturated heterocycles. The molecule has 118 valence electrons. The van der Waals surface area contributed by atoms with Crippen LogP contribution in [-0.2, 0) is 4.74 Å². The highest BCUT2D eigenvalue weighted by atomic mass is 16.5. The molecule has 0 aromatic carbocycles. The average Bonchev–Trinajstić information content (AvgIpc) is 2.49. The van der Waals surface area contributed by atoms with Crippen LogP contribution in [0, 0.1) is 5.92 Å². The Hall–Kier alpha value is -0.160. The van der Waals surface area contributed by atoms with Gasteiger partial charge in [-0.05, 0) is 51.4 Å². The fourth-order valence-corrected chi connectivity index (χ4v) is 3.47. The summed E-state index contributed by atoms with van der Waals surface area (Å²) in [5, 5.41) is 3.46. The maximum atomic E-state index is 5.98. The lowest BCUT2D eigenvalue weighted by molar-refractivity contribution is -0.0437. The molecule has 2 aliphatic heterocycles. The van der Waals surface area contributed by atoms with Gasteiger partial charge >= 0.3 is 0 Å². The van der Waals surface area contributed by atoms with Gasteiger partial charge in [0.25, 0.3) is 0 Å². The molecule has 0 amide bonds. The van der Waals surface area contributed by atoms with Crippen molar-refractivity contribution in [2.45, 2.75) is 39.2 Å². The van der Waals surface area contributed by atoms with Gasteiger partial charge in [-0.2, -0.15) is 0 Å². The summed E-state index contributed by atoms with van der Waals surface area (Å²) in [6.07, 6.45) is 4.34. The third-order valence-corrected chi connectivity index (χ3v) is 4.65. The predicted molar refractivity (Wildman–Crippen MR) is 84.2 cm³/mol. The summed E-state index contributed by atoms with van der Waals surface area (Å²) in [6.45, 7) is 14.8. The van der Waals surface area contributed by atoms with E-state index < -0.39 is 0 Å². The van der Waals surface area contributed by atoms with Crippen LogP contribution in [0.1, 0.15) is 33.1 Å². The standard InChI is InChI=1S/C16H33N3O/c1-3-9-19(12-15-5-7-17-8-6-15)14-16-13-18(4-2)10-11-20-16/h15-17H,3-14H2,1-2H3. The summed E-state index contributed by atoms with van der Waals surface area (Å²) in [6, 6.07) is 0. The van der Waals surface area contributed by atoms with Crippen molar-refractivity contribution in [2.75, 3.05) is 59.0 Å². The van der Waals surface area contributed by atoms with Crippen molar-refractivity contribution in [1.82, 2.24) is 15.1 Å². The molecule has 4 nitrogen and oxygen atoms in total. The molecule has 1 N–H and O–H groups in total. The highest BCUT2D eigenvalue weighted by Gasteiger charge is 2.23. The number of likely N-dealkylation sites (N-methyl/N-ethyl adjacent to an activating group) is 1. The molecule has 0 bridgehead atoms. The quantitative estimate of drug-likeness (QED) is 0.765. The lowest BCUT2D eigenvalue weighted by Gasteiger charge is -2.36. The van der Waals surface area contributed by atoms with E-state index in [9.17, 15) is 0 Å². The Kier molecular flexibility index (Phi) is 7.28. The molecular formula is C16H33N3O. The molecule has 0 saturated carbocycles. The van der Waals surface area contributed by atoms with Crippen LogP contribution in [0.2, 0.25) is 0 Å². The van der Waals surface area contributed by atoms with Crippen molar-refractivity contribution < 1.29 is 4.74 Å². The predicted octanol–water partition coefficient (Wildman–Crippen LogP) is 1.42. The van der Waals surface area contributed by atoms with Crippen LogP contribution in [0.5, 0.6) is 0 Å². The van der Waals surface area contributed by atoms with Gasteiger partial charge in [0.15, 0.2) is 0 Å². The molecule has 2 fully saturated rings. The minimum Gasteiger partial charge on any atom is -0.374 e. The number of nitrogens with zero attached hydrogens (tertiary/aromatic N) is 2. The topological polar surface area (TPSA) is 27.7 Å². The zero-order valence-corrected chi connectivity index (χ0v) is 13.4. The van der Waals surface area contributed by atoms with E-state index in [0.29, 0.717) is 6.10 Å². The first-order chi connectivity index (χ1) is 9.81. The lowest BCUT2D eigenvalue weighted by atomic mass is 9.97. The van der Waals surface area contributed by atoms with Crippen LogP contribution in [0.4, 0.5) is 0 Å². The Morgan fingerprint density at radius 2 is 2.00 bits per heavy atom. The minimum absolute atomic E-state index is 0.414. The van der Waals surface area contributed by atoms with Crippen molar-refractivity contribution in [1.29, 1.82) is 0 Å². The second-order valence-electron chi connectivity index (χ2n) is 6.34. The van der Waals surface area contributed by atoms with Crippen molar-refractivity contribution in [3.63, 3.8) is 0 Å². The molecule has 0 aromatic rings. The Bertz CT molecular complexity index is 256. The smallest absolute Gasteiger partial charge is 0.0829 e. The molecule has 0 aliphatic carbocycles. The first-order valence-corrected chi connectivity index (χ1v) is 8.58. The maximum absolute atomic E-state index is 5.98. The van der Waals surface area contributed by atoms with Gasteiger partial charge < -0.3 is 15.0 Å². The van der Waals surface area contributed by atoms with Gasteiger partial charge in [0.1, 0.15) is 0 Å². The van der Waals surface area contributed by atoms with Gasteiger partial charge in [-0.3, -0.25) is 4.90 Å². The van der Waals surface area contributed by atoms with E-state index in [1.165, 1.54) is 45.4 Å². The number of ether oxygens (including phenoxy) is 1. The molecule has 4 heteroatoms. The minimum atomic E-state index is 0.414. The average molecular weight is 283 g/mol. The normalized spacial score (nSPS) is 26.2. The van der Waals surface area contributed by atoms with Crippen molar-refractivity contribution >= 4 is 0 Å². The summed E-state index contributed by atoms with van der Waals surface area (Å²) in [7, 11) is 0. The lowest BCUT2D eigenvalue weighted by Crippen LogP contribution is -2.48. The van der Waals surface area contributed by atoms with Gasteiger partial charge in [0.2, 0.25) is 0 Å². The molecule has 2 aliphatic rings. The van der Waals surface area contributed by atoms with Crippen molar-refractivity contribution in [2.24, 2.45) is 5.92 Å². The summed E-state index contributed by atoms with van der Waals surface area (Å²) in [5.74, 6) is 0.883. The second kappa shape index (κ2) is 8.98. The van der Waals surface area contributed by atoms with E-state index in [-0.39, 0.29) is 0 Å². The molecule has 0 radical (unpaired) electrons. The van der Waals surface area contributed by atoms with E-state index in [2.05, 4.69) is 29.0 Å². The van der Waals surface area contributed by atoms with Crippen molar-refractivity contribution in [3.8, 4) is 0 Å². The first kappa shape index (κ1) is 16.2. The second-order valence-corrected chi connectivity index (χ2v) is 6.34. The third-order valence-electron chi connectivity index (χ3n) is 4.65. The molecule has 20 heavy (non-hydrogen) atoms. The zero-order valence-electron chi connectivity index (χ0n) is 13.4. The third kappa shape index (κ3) is 5.32. The van der Waals surface area contributed by atoms with Crippen LogP contribution < -0.4 is 5.32 Å².